The van der Waals surface area contributed by atoms with E-state index in [2.05, 4.69) is 57.3 Å². The Labute approximate surface area is 149 Å². The smallest absolute Gasteiger partial charge is 0.0869 e. The summed E-state index contributed by atoms with van der Waals surface area (Å²) in [6.45, 7) is 5.54. The maximum atomic E-state index is 9.15. The SMILES string of the molecule is N#CCN1Cc2ccccc2C2(CCN(Cc3ccccn3)CC2)C1. The van der Waals surface area contributed by atoms with Gasteiger partial charge in [0.25, 0.3) is 0 Å². The molecule has 0 aliphatic carbocycles. The Hall–Kier alpha value is -2.22. The standard InChI is InChI=1S/C21H24N4/c22-10-14-25-15-18-5-1-2-7-20(18)21(17-25)8-12-24(13-9-21)16-19-6-3-4-11-23-19/h1-7,11H,8-9,12-17H2. The quantitative estimate of drug-likeness (QED) is 0.811. The van der Waals surface area contributed by atoms with E-state index in [-0.39, 0.29) is 5.41 Å². The number of hydrogen-bond donors (Lipinski definition) is 0. The lowest BCUT2D eigenvalue weighted by atomic mass is 9.69. The summed E-state index contributed by atoms with van der Waals surface area (Å²) in [5, 5.41) is 9.15. The number of likely N-dealkylation sites (tertiary alicyclic amines) is 1. The molecule has 0 bridgehead atoms. The Balaban J connectivity index is 1.51. The predicted octanol–water partition coefficient (Wildman–Crippen LogP) is 2.95. The minimum Gasteiger partial charge on any atom is -0.297 e. The zero-order valence-corrected chi connectivity index (χ0v) is 14.6. The van der Waals surface area contributed by atoms with Crippen LogP contribution in [-0.4, -0.2) is 41.0 Å². The zero-order chi connectivity index (χ0) is 17.1. The molecule has 4 nitrogen and oxygen atoms in total. The Morgan fingerprint density at radius 2 is 1.84 bits per heavy atom. The second-order valence-electron chi connectivity index (χ2n) is 7.34. The molecule has 1 spiro atoms. The summed E-state index contributed by atoms with van der Waals surface area (Å²) in [5.41, 5.74) is 4.27. The van der Waals surface area contributed by atoms with E-state index in [1.807, 2.05) is 12.3 Å². The summed E-state index contributed by atoms with van der Waals surface area (Å²) < 4.78 is 0. The van der Waals surface area contributed by atoms with Crippen LogP contribution in [0.3, 0.4) is 0 Å². The lowest BCUT2D eigenvalue weighted by molar-refractivity contribution is 0.100. The van der Waals surface area contributed by atoms with Crippen molar-refractivity contribution in [3.05, 3.63) is 65.5 Å². The van der Waals surface area contributed by atoms with Crippen molar-refractivity contribution >= 4 is 0 Å². The van der Waals surface area contributed by atoms with Gasteiger partial charge in [-0.3, -0.25) is 14.8 Å². The number of aromatic nitrogens is 1. The molecule has 1 aromatic carbocycles. The lowest BCUT2D eigenvalue weighted by Gasteiger charge is -2.48. The minimum atomic E-state index is 0.201. The van der Waals surface area contributed by atoms with E-state index in [0.717, 1.165) is 51.3 Å². The van der Waals surface area contributed by atoms with E-state index < -0.39 is 0 Å². The highest BCUT2D eigenvalue weighted by atomic mass is 15.2. The van der Waals surface area contributed by atoms with Crippen LogP contribution in [0.25, 0.3) is 0 Å². The minimum absolute atomic E-state index is 0.201. The zero-order valence-electron chi connectivity index (χ0n) is 14.6. The van der Waals surface area contributed by atoms with Crippen LogP contribution in [0.4, 0.5) is 0 Å². The van der Waals surface area contributed by atoms with Gasteiger partial charge in [0.1, 0.15) is 0 Å². The molecule has 2 aromatic rings. The first-order chi connectivity index (χ1) is 12.3. The number of nitrogens with zero attached hydrogens (tertiary/aromatic N) is 4. The third-order valence-corrected chi connectivity index (χ3v) is 5.73. The van der Waals surface area contributed by atoms with Gasteiger partial charge in [0.05, 0.1) is 18.3 Å². The Kier molecular flexibility index (Phi) is 4.52. The number of fused-ring (bicyclic) bond motifs is 2. The number of rotatable bonds is 3. The van der Waals surface area contributed by atoms with Crippen molar-refractivity contribution in [2.45, 2.75) is 31.3 Å². The molecule has 0 unspecified atom stereocenters. The maximum absolute atomic E-state index is 9.15. The number of hydrogen-bond acceptors (Lipinski definition) is 4. The summed E-state index contributed by atoms with van der Waals surface area (Å²) in [6.07, 6.45) is 4.18. The molecule has 2 aliphatic heterocycles. The fourth-order valence-electron chi connectivity index (χ4n) is 4.48. The third-order valence-electron chi connectivity index (χ3n) is 5.73. The molecule has 0 atom stereocenters. The van der Waals surface area contributed by atoms with Gasteiger partial charge in [-0.1, -0.05) is 30.3 Å². The van der Waals surface area contributed by atoms with Crippen molar-refractivity contribution in [1.82, 2.24) is 14.8 Å². The first-order valence-electron chi connectivity index (χ1n) is 9.09. The fourth-order valence-corrected chi connectivity index (χ4v) is 4.48. The van der Waals surface area contributed by atoms with Crippen LogP contribution >= 0.6 is 0 Å². The number of nitriles is 1. The molecule has 4 rings (SSSR count). The van der Waals surface area contributed by atoms with Crippen LogP contribution in [0.2, 0.25) is 0 Å². The van der Waals surface area contributed by atoms with E-state index >= 15 is 0 Å². The summed E-state index contributed by atoms with van der Waals surface area (Å²) >= 11 is 0. The molecule has 4 heteroatoms. The van der Waals surface area contributed by atoms with Crippen molar-refractivity contribution in [2.75, 3.05) is 26.2 Å². The largest absolute Gasteiger partial charge is 0.297 e. The molecule has 3 heterocycles. The molecule has 128 valence electrons. The van der Waals surface area contributed by atoms with Crippen LogP contribution in [0, 0.1) is 11.3 Å². The Morgan fingerprint density at radius 1 is 1.04 bits per heavy atom. The second-order valence-corrected chi connectivity index (χ2v) is 7.34. The Morgan fingerprint density at radius 3 is 2.60 bits per heavy atom. The molecule has 1 fully saturated rings. The fraction of sp³-hybridized carbons (Fsp3) is 0.429. The lowest BCUT2D eigenvalue weighted by Crippen LogP contribution is -2.51. The number of pyridine rings is 1. The van der Waals surface area contributed by atoms with Gasteiger partial charge in [0.2, 0.25) is 0 Å². The van der Waals surface area contributed by atoms with Gasteiger partial charge in [-0.05, 0) is 49.2 Å². The van der Waals surface area contributed by atoms with Gasteiger partial charge in [-0.15, -0.1) is 0 Å². The molecule has 2 aliphatic rings. The maximum Gasteiger partial charge on any atom is 0.0869 e. The second kappa shape index (κ2) is 6.95. The van der Waals surface area contributed by atoms with E-state index in [9.17, 15) is 0 Å². The number of piperidine rings is 1. The molecule has 0 N–H and O–H groups in total. The van der Waals surface area contributed by atoms with E-state index in [4.69, 9.17) is 5.26 Å². The van der Waals surface area contributed by atoms with Crippen LogP contribution in [-0.2, 0) is 18.5 Å². The van der Waals surface area contributed by atoms with Crippen LogP contribution in [0.5, 0.6) is 0 Å². The highest BCUT2D eigenvalue weighted by Crippen LogP contribution is 2.41. The van der Waals surface area contributed by atoms with Gasteiger partial charge in [-0.25, -0.2) is 0 Å². The normalized spacial score (nSPS) is 20.1. The summed E-state index contributed by atoms with van der Waals surface area (Å²) in [7, 11) is 0. The van der Waals surface area contributed by atoms with E-state index in [1.54, 1.807) is 0 Å². The molecule has 0 radical (unpaired) electrons. The highest BCUT2D eigenvalue weighted by Gasteiger charge is 2.41. The summed E-state index contributed by atoms with van der Waals surface area (Å²) in [6, 6.07) is 17.3. The van der Waals surface area contributed by atoms with Crippen LogP contribution in [0.15, 0.2) is 48.7 Å². The first kappa shape index (κ1) is 16.3. The average molecular weight is 332 g/mol. The van der Waals surface area contributed by atoms with E-state index in [0.29, 0.717) is 6.54 Å². The highest BCUT2D eigenvalue weighted by molar-refractivity contribution is 5.38. The number of benzene rings is 1. The van der Waals surface area contributed by atoms with Crippen molar-refractivity contribution in [1.29, 1.82) is 5.26 Å². The third kappa shape index (κ3) is 3.30. The summed E-state index contributed by atoms with van der Waals surface area (Å²) in [4.78, 5) is 9.29. The molecule has 25 heavy (non-hydrogen) atoms. The molecular formula is C21H24N4. The van der Waals surface area contributed by atoms with Crippen molar-refractivity contribution in [2.24, 2.45) is 0 Å². The van der Waals surface area contributed by atoms with Crippen molar-refractivity contribution in [3.8, 4) is 6.07 Å². The van der Waals surface area contributed by atoms with Crippen molar-refractivity contribution < 1.29 is 0 Å². The van der Waals surface area contributed by atoms with Gasteiger partial charge in [-0.2, -0.15) is 5.26 Å². The molecule has 0 saturated carbocycles. The van der Waals surface area contributed by atoms with Crippen molar-refractivity contribution in [3.63, 3.8) is 0 Å². The van der Waals surface area contributed by atoms with Crippen LogP contribution in [0.1, 0.15) is 29.7 Å². The summed E-state index contributed by atoms with van der Waals surface area (Å²) in [5.74, 6) is 0. The monoisotopic (exact) mass is 332 g/mol. The van der Waals surface area contributed by atoms with Crippen LogP contribution < -0.4 is 0 Å². The van der Waals surface area contributed by atoms with Gasteiger partial charge < -0.3 is 0 Å². The first-order valence-corrected chi connectivity index (χ1v) is 9.09. The average Bonchev–Trinajstić information content (AvgIpc) is 2.65. The Bertz CT molecular complexity index is 757. The molecule has 0 amide bonds. The van der Waals surface area contributed by atoms with Gasteiger partial charge in [0, 0.05) is 31.2 Å². The topological polar surface area (TPSA) is 43.2 Å². The van der Waals surface area contributed by atoms with Gasteiger partial charge in [0.15, 0.2) is 0 Å². The van der Waals surface area contributed by atoms with E-state index in [1.165, 1.54) is 11.1 Å². The predicted molar refractivity (Wildman–Crippen MR) is 97.8 cm³/mol. The molecular weight excluding hydrogens is 308 g/mol. The molecule has 1 saturated heterocycles. The van der Waals surface area contributed by atoms with Gasteiger partial charge >= 0.3 is 0 Å². The molecule has 1 aromatic heterocycles.